The Kier molecular flexibility index (Phi) is 6.63. The lowest BCUT2D eigenvalue weighted by Crippen LogP contribution is -2.30. The molecule has 0 bridgehead atoms. The molecule has 3 rings (SSSR count). The molecule has 0 aliphatic heterocycles. The van der Waals surface area contributed by atoms with E-state index in [1.54, 1.807) is 20.4 Å². The van der Waals surface area contributed by atoms with E-state index in [4.69, 9.17) is 9.47 Å². The molecule has 1 N–H and O–H groups in total. The van der Waals surface area contributed by atoms with Crippen LogP contribution in [0.2, 0.25) is 0 Å². The molecular weight excluding hydrogens is 352 g/mol. The van der Waals surface area contributed by atoms with Crippen LogP contribution in [0, 0.1) is 0 Å². The number of hydrogen-bond acceptors (Lipinski definition) is 4. The van der Waals surface area contributed by atoms with Crippen LogP contribution in [0.15, 0.2) is 72.9 Å². The van der Waals surface area contributed by atoms with Crippen molar-refractivity contribution in [1.82, 2.24) is 10.3 Å². The number of nitrogens with one attached hydrogen (secondary N) is 1. The number of benzene rings is 2. The minimum absolute atomic E-state index is 0.0331. The summed E-state index contributed by atoms with van der Waals surface area (Å²) in [6.07, 6.45) is 2.71. The lowest BCUT2D eigenvalue weighted by Gasteiger charge is -2.19. The van der Waals surface area contributed by atoms with Crippen molar-refractivity contribution >= 4 is 5.91 Å². The van der Waals surface area contributed by atoms with Gasteiger partial charge in [0.1, 0.15) is 0 Å². The van der Waals surface area contributed by atoms with E-state index in [9.17, 15) is 4.79 Å². The highest BCUT2D eigenvalue weighted by molar-refractivity contribution is 5.77. The van der Waals surface area contributed by atoms with Crippen molar-refractivity contribution in [3.05, 3.63) is 89.7 Å². The highest BCUT2D eigenvalue weighted by atomic mass is 16.5. The second-order valence-electron chi connectivity index (χ2n) is 6.36. The Morgan fingerprint density at radius 3 is 2.39 bits per heavy atom. The number of aromatic nitrogens is 1. The number of aryl methyl sites for hydroxylation is 1. The van der Waals surface area contributed by atoms with Gasteiger partial charge in [-0.15, -0.1) is 0 Å². The van der Waals surface area contributed by atoms with E-state index in [1.165, 1.54) is 0 Å². The standard InChI is InChI=1S/C23H24N2O3/c1-27-20-13-11-17(16-21(20)28-2)12-14-22(26)25-23(18-8-4-3-5-9-18)19-10-6-7-15-24-19/h3-11,13,15-16,23H,12,14H2,1-2H3,(H,25,26). The first kappa shape index (κ1) is 19.4. The van der Waals surface area contributed by atoms with Gasteiger partial charge in [-0.3, -0.25) is 9.78 Å². The highest BCUT2D eigenvalue weighted by Gasteiger charge is 2.17. The first-order valence-electron chi connectivity index (χ1n) is 9.17. The van der Waals surface area contributed by atoms with Gasteiger partial charge in [-0.2, -0.15) is 0 Å². The molecule has 1 heterocycles. The van der Waals surface area contributed by atoms with Gasteiger partial charge in [-0.1, -0.05) is 42.5 Å². The number of amides is 1. The quantitative estimate of drug-likeness (QED) is 0.647. The molecule has 3 aromatic rings. The van der Waals surface area contributed by atoms with E-state index in [2.05, 4.69) is 10.3 Å². The summed E-state index contributed by atoms with van der Waals surface area (Å²) in [6.45, 7) is 0. The van der Waals surface area contributed by atoms with Gasteiger partial charge in [0.2, 0.25) is 5.91 Å². The number of hydrogen-bond donors (Lipinski definition) is 1. The summed E-state index contributed by atoms with van der Waals surface area (Å²) in [5.74, 6) is 1.31. The molecule has 0 radical (unpaired) electrons. The largest absolute Gasteiger partial charge is 0.493 e. The Morgan fingerprint density at radius 1 is 0.964 bits per heavy atom. The fraction of sp³-hybridized carbons (Fsp3) is 0.217. The van der Waals surface area contributed by atoms with Gasteiger partial charge < -0.3 is 14.8 Å². The van der Waals surface area contributed by atoms with Gasteiger partial charge in [0.15, 0.2) is 11.5 Å². The predicted molar refractivity (Wildman–Crippen MR) is 109 cm³/mol. The number of carbonyl (C=O) groups excluding carboxylic acids is 1. The van der Waals surface area contributed by atoms with Crippen molar-refractivity contribution in [2.75, 3.05) is 14.2 Å². The topological polar surface area (TPSA) is 60.5 Å². The Hall–Kier alpha value is -3.34. The maximum absolute atomic E-state index is 12.7. The van der Waals surface area contributed by atoms with E-state index in [-0.39, 0.29) is 11.9 Å². The highest BCUT2D eigenvalue weighted by Crippen LogP contribution is 2.28. The van der Waals surface area contributed by atoms with Crippen LogP contribution in [0.25, 0.3) is 0 Å². The molecule has 1 aromatic heterocycles. The van der Waals surface area contributed by atoms with Crippen molar-refractivity contribution in [3.8, 4) is 11.5 Å². The van der Waals surface area contributed by atoms with Gasteiger partial charge in [-0.05, 0) is 41.8 Å². The maximum atomic E-state index is 12.7. The molecule has 28 heavy (non-hydrogen) atoms. The van der Waals surface area contributed by atoms with Crippen LogP contribution in [-0.4, -0.2) is 25.1 Å². The average Bonchev–Trinajstić information content (AvgIpc) is 2.77. The van der Waals surface area contributed by atoms with Crippen molar-refractivity contribution < 1.29 is 14.3 Å². The summed E-state index contributed by atoms with van der Waals surface area (Å²) >= 11 is 0. The second-order valence-corrected chi connectivity index (χ2v) is 6.36. The van der Waals surface area contributed by atoms with Crippen molar-refractivity contribution in [2.24, 2.45) is 0 Å². The first-order valence-corrected chi connectivity index (χ1v) is 9.17. The molecule has 0 saturated carbocycles. The van der Waals surface area contributed by atoms with E-state index in [0.717, 1.165) is 16.8 Å². The number of nitrogens with zero attached hydrogens (tertiary/aromatic N) is 1. The molecule has 0 aliphatic carbocycles. The molecule has 1 unspecified atom stereocenters. The summed E-state index contributed by atoms with van der Waals surface area (Å²) in [7, 11) is 3.21. The predicted octanol–water partition coefficient (Wildman–Crippen LogP) is 3.94. The van der Waals surface area contributed by atoms with Crippen LogP contribution in [0.3, 0.4) is 0 Å². The maximum Gasteiger partial charge on any atom is 0.221 e. The van der Waals surface area contributed by atoms with Gasteiger partial charge in [0, 0.05) is 12.6 Å². The zero-order chi connectivity index (χ0) is 19.8. The monoisotopic (exact) mass is 376 g/mol. The molecule has 5 heteroatoms. The number of methoxy groups -OCH3 is 2. The molecule has 0 saturated heterocycles. The summed E-state index contributed by atoms with van der Waals surface area (Å²) in [5.41, 5.74) is 2.83. The van der Waals surface area contributed by atoms with Crippen LogP contribution in [0.1, 0.15) is 29.3 Å². The third kappa shape index (κ3) is 4.88. The van der Waals surface area contributed by atoms with Crippen LogP contribution < -0.4 is 14.8 Å². The molecule has 1 amide bonds. The smallest absolute Gasteiger partial charge is 0.221 e. The SMILES string of the molecule is COc1ccc(CCC(=O)NC(c2ccccc2)c2ccccn2)cc1OC. The Balaban J connectivity index is 1.69. The van der Waals surface area contributed by atoms with Crippen molar-refractivity contribution in [3.63, 3.8) is 0 Å². The van der Waals surface area contributed by atoms with Gasteiger partial charge in [0.05, 0.1) is 26.0 Å². The Bertz CT molecular complexity index is 859. The van der Waals surface area contributed by atoms with Crippen LogP contribution in [0.4, 0.5) is 0 Å². The lowest BCUT2D eigenvalue weighted by atomic mass is 10.0. The Labute approximate surface area is 165 Å². The fourth-order valence-electron chi connectivity index (χ4n) is 3.05. The zero-order valence-corrected chi connectivity index (χ0v) is 16.1. The van der Waals surface area contributed by atoms with E-state index in [1.807, 2.05) is 66.7 Å². The van der Waals surface area contributed by atoms with Crippen LogP contribution in [0.5, 0.6) is 11.5 Å². The number of ether oxygens (including phenoxy) is 2. The molecule has 0 aliphatic rings. The summed E-state index contributed by atoms with van der Waals surface area (Å²) in [5, 5.41) is 3.11. The van der Waals surface area contributed by atoms with Crippen LogP contribution in [-0.2, 0) is 11.2 Å². The molecule has 2 aromatic carbocycles. The summed E-state index contributed by atoms with van der Waals surface area (Å²) < 4.78 is 10.6. The number of rotatable bonds is 8. The average molecular weight is 376 g/mol. The van der Waals surface area contributed by atoms with Gasteiger partial charge in [-0.25, -0.2) is 0 Å². The zero-order valence-electron chi connectivity index (χ0n) is 16.1. The molecule has 0 spiro atoms. The first-order chi connectivity index (χ1) is 13.7. The third-order valence-electron chi connectivity index (χ3n) is 4.51. The minimum atomic E-state index is -0.277. The van der Waals surface area contributed by atoms with E-state index >= 15 is 0 Å². The molecule has 144 valence electrons. The fourth-order valence-corrected chi connectivity index (χ4v) is 3.05. The third-order valence-corrected chi connectivity index (χ3v) is 4.51. The lowest BCUT2D eigenvalue weighted by molar-refractivity contribution is -0.121. The van der Waals surface area contributed by atoms with Gasteiger partial charge >= 0.3 is 0 Å². The van der Waals surface area contributed by atoms with E-state index < -0.39 is 0 Å². The summed E-state index contributed by atoms with van der Waals surface area (Å²) in [6, 6.07) is 21.0. The molecule has 5 nitrogen and oxygen atoms in total. The second kappa shape index (κ2) is 9.55. The van der Waals surface area contributed by atoms with Gasteiger partial charge in [0.25, 0.3) is 0 Å². The summed E-state index contributed by atoms with van der Waals surface area (Å²) in [4.78, 5) is 17.1. The van der Waals surface area contributed by atoms with Crippen molar-refractivity contribution in [1.29, 1.82) is 0 Å². The Morgan fingerprint density at radius 2 is 1.71 bits per heavy atom. The van der Waals surface area contributed by atoms with E-state index in [0.29, 0.717) is 24.3 Å². The van der Waals surface area contributed by atoms with Crippen LogP contribution >= 0.6 is 0 Å². The molecular formula is C23H24N2O3. The molecule has 1 atom stereocenters. The molecule has 0 fully saturated rings. The minimum Gasteiger partial charge on any atom is -0.493 e. The number of pyridine rings is 1. The normalized spacial score (nSPS) is 11.5. The van der Waals surface area contributed by atoms with Crippen molar-refractivity contribution in [2.45, 2.75) is 18.9 Å². The number of carbonyl (C=O) groups is 1.